The summed E-state index contributed by atoms with van der Waals surface area (Å²) in [7, 11) is 0. The van der Waals surface area contributed by atoms with Crippen LogP contribution in [0.2, 0.25) is 0 Å². The van der Waals surface area contributed by atoms with Crippen molar-refractivity contribution < 1.29 is 14.0 Å². The van der Waals surface area contributed by atoms with Crippen LogP contribution in [0.25, 0.3) is 0 Å². The molecule has 0 unspecified atom stereocenters. The van der Waals surface area contributed by atoms with E-state index in [0.29, 0.717) is 29.0 Å². The third-order valence-electron chi connectivity index (χ3n) is 5.72. The smallest absolute Gasteiger partial charge is 0.254 e. The van der Waals surface area contributed by atoms with Crippen LogP contribution in [0.4, 0.5) is 10.1 Å². The van der Waals surface area contributed by atoms with Crippen molar-refractivity contribution in [2.24, 2.45) is 5.41 Å². The maximum atomic E-state index is 13.6. The summed E-state index contributed by atoms with van der Waals surface area (Å²) >= 11 is 0. The molecule has 0 saturated carbocycles. The van der Waals surface area contributed by atoms with E-state index in [9.17, 15) is 14.0 Å². The van der Waals surface area contributed by atoms with Gasteiger partial charge in [0, 0.05) is 40.6 Å². The molecule has 1 aliphatic heterocycles. The normalized spacial score (nSPS) is 20.5. The molecule has 0 bridgehead atoms. The number of allylic oxidation sites excluding steroid dienone is 3. The van der Waals surface area contributed by atoms with Gasteiger partial charge in [-0.25, -0.2) is 4.39 Å². The molecule has 2 aliphatic rings. The van der Waals surface area contributed by atoms with Gasteiger partial charge in [-0.15, -0.1) is 0 Å². The Hall–Kier alpha value is -3.21. The van der Waals surface area contributed by atoms with Gasteiger partial charge in [0.2, 0.25) is 0 Å². The highest BCUT2D eigenvalue weighted by Gasteiger charge is 2.42. The first-order valence-electron chi connectivity index (χ1n) is 10.1. The second-order valence-corrected chi connectivity index (χ2v) is 8.80. The number of benzene rings is 2. The summed E-state index contributed by atoms with van der Waals surface area (Å²) in [6, 6.07) is 15.3. The number of hydrogen-bond acceptors (Lipinski definition) is 3. The van der Waals surface area contributed by atoms with Gasteiger partial charge in [-0.1, -0.05) is 44.2 Å². The number of amides is 1. The first-order chi connectivity index (χ1) is 14.2. The molecule has 4 rings (SSSR count). The van der Waals surface area contributed by atoms with Crippen LogP contribution < -0.4 is 10.6 Å². The van der Waals surface area contributed by atoms with E-state index in [0.717, 1.165) is 17.7 Å². The first kappa shape index (κ1) is 20.1. The molecule has 154 valence electrons. The van der Waals surface area contributed by atoms with Crippen molar-refractivity contribution in [3.63, 3.8) is 0 Å². The summed E-state index contributed by atoms with van der Waals surface area (Å²) in [5.41, 5.74) is 3.93. The number of rotatable bonds is 3. The minimum atomic E-state index is -0.533. The van der Waals surface area contributed by atoms with Crippen LogP contribution in [0.5, 0.6) is 0 Å². The van der Waals surface area contributed by atoms with E-state index in [1.807, 2.05) is 37.3 Å². The predicted octanol–water partition coefficient (Wildman–Crippen LogP) is 5.07. The van der Waals surface area contributed by atoms with Gasteiger partial charge >= 0.3 is 0 Å². The molecule has 5 heteroatoms. The monoisotopic (exact) mass is 404 g/mol. The number of ketones is 1. The van der Waals surface area contributed by atoms with Gasteiger partial charge < -0.3 is 10.6 Å². The largest absolute Gasteiger partial charge is 0.362 e. The molecule has 1 atom stereocenters. The zero-order valence-corrected chi connectivity index (χ0v) is 17.4. The van der Waals surface area contributed by atoms with Crippen molar-refractivity contribution in [3.05, 3.63) is 88.5 Å². The number of carbonyl (C=O) groups excluding carboxylic acids is 2. The second-order valence-electron chi connectivity index (χ2n) is 8.80. The Kier molecular flexibility index (Phi) is 5.06. The van der Waals surface area contributed by atoms with E-state index >= 15 is 0 Å². The van der Waals surface area contributed by atoms with Crippen LogP contribution in [0.15, 0.2) is 77.1 Å². The van der Waals surface area contributed by atoms with Gasteiger partial charge in [0.1, 0.15) is 5.82 Å². The van der Waals surface area contributed by atoms with Crippen molar-refractivity contribution >= 4 is 17.4 Å². The van der Waals surface area contributed by atoms with Crippen molar-refractivity contribution in [1.29, 1.82) is 0 Å². The van der Waals surface area contributed by atoms with Crippen molar-refractivity contribution in [2.45, 2.75) is 39.5 Å². The molecule has 30 heavy (non-hydrogen) atoms. The zero-order chi connectivity index (χ0) is 21.5. The van der Waals surface area contributed by atoms with E-state index in [-0.39, 0.29) is 22.9 Å². The van der Waals surface area contributed by atoms with Gasteiger partial charge in [0.05, 0.1) is 0 Å². The lowest BCUT2D eigenvalue weighted by molar-refractivity contribution is -0.118. The molecule has 0 radical (unpaired) electrons. The van der Waals surface area contributed by atoms with E-state index in [2.05, 4.69) is 24.5 Å². The van der Waals surface area contributed by atoms with Crippen LogP contribution in [0.3, 0.4) is 0 Å². The quantitative estimate of drug-likeness (QED) is 0.751. The molecule has 1 heterocycles. The van der Waals surface area contributed by atoms with Crippen LogP contribution >= 0.6 is 0 Å². The topological polar surface area (TPSA) is 58.2 Å². The lowest BCUT2D eigenvalue weighted by Crippen LogP contribution is -2.39. The van der Waals surface area contributed by atoms with Crippen LogP contribution in [0.1, 0.15) is 45.1 Å². The Balaban J connectivity index is 1.81. The summed E-state index contributed by atoms with van der Waals surface area (Å²) in [5, 5.41) is 6.27. The molecule has 1 amide bonds. The maximum Gasteiger partial charge on any atom is 0.254 e. The van der Waals surface area contributed by atoms with Gasteiger partial charge in [0.25, 0.3) is 5.91 Å². The molecular formula is C25H25FN2O2. The Labute approximate surface area is 175 Å². The Morgan fingerprint density at radius 3 is 2.40 bits per heavy atom. The Bertz CT molecular complexity index is 1070. The second kappa shape index (κ2) is 7.56. The SMILES string of the molecule is CC1=C(C(=O)Nc2ccccc2)[C@@H](c2ccc(F)cc2)C2=C(CC(C)(C)CC2=O)N1. The van der Waals surface area contributed by atoms with E-state index in [4.69, 9.17) is 0 Å². The van der Waals surface area contributed by atoms with Gasteiger partial charge in [-0.3, -0.25) is 9.59 Å². The minimum absolute atomic E-state index is 0.0283. The lowest BCUT2D eigenvalue weighted by Gasteiger charge is -2.39. The van der Waals surface area contributed by atoms with Crippen LogP contribution in [0, 0.1) is 11.2 Å². The summed E-state index contributed by atoms with van der Waals surface area (Å²) in [5.74, 6) is -1.13. The zero-order valence-electron chi connectivity index (χ0n) is 17.4. The van der Waals surface area contributed by atoms with Gasteiger partial charge in [-0.05, 0) is 48.6 Å². The summed E-state index contributed by atoms with van der Waals surface area (Å²) < 4.78 is 13.6. The number of nitrogens with one attached hydrogen (secondary N) is 2. The lowest BCUT2D eigenvalue weighted by atomic mass is 9.68. The highest BCUT2D eigenvalue weighted by Crippen LogP contribution is 2.46. The first-order valence-corrected chi connectivity index (χ1v) is 10.1. The third kappa shape index (κ3) is 3.80. The Morgan fingerprint density at radius 1 is 1.07 bits per heavy atom. The maximum absolute atomic E-state index is 13.6. The third-order valence-corrected chi connectivity index (χ3v) is 5.72. The fourth-order valence-electron chi connectivity index (χ4n) is 4.45. The fraction of sp³-hybridized carbons (Fsp3) is 0.280. The van der Waals surface area contributed by atoms with Crippen molar-refractivity contribution in [3.8, 4) is 0 Å². The minimum Gasteiger partial charge on any atom is -0.362 e. The molecule has 0 spiro atoms. The number of hydrogen-bond donors (Lipinski definition) is 2. The number of anilines is 1. The van der Waals surface area contributed by atoms with Gasteiger partial charge in [0.15, 0.2) is 5.78 Å². The molecule has 4 nitrogen and oxygen atoms in total. The van der Waals surface area contributed by atoms with E-state index < -0.39 is 5.92 Å². The number of halogens is 1. The van der Waals surface area contributed by atoms with Gasteiger partial charge in [-0.2, -0.15) is 0 Å². The average Bonchev–Trinajstić information content (AvgIpc) is 2.67. The Morgan fingerprint density at radius 2 is 1.73 bits per heavy atom. The van der Waals surface area contributed by atoms with E-state index in [1.165, 1.54) is 12.1 Å². The molecule has 2 aromatic rings. The molecule has 0 fully saturated rings. The van der Waals surface area contributed by atoms with Crippen LogP contribution in [-0.4, -0.2) is 11.7 Å². The van der Waals surface area contributed by atoms with Crippen molar-refractivity contribution in [2.75, 3.05) is 5.32 Å². The highest BCUT2D eigenvalue weighted by molar-refractivity contribution is 6.09. The molecule has 0 saturated heterocycles. The van der Waals surface area contributed by atoms with Crippen LogP contribution in [-0.2, 0) is 9.59 Å². The molecule has 2 aromatic carbocycles. The van der Waals surface area contributed by atoms with Crippen molar-refractivity contribution in [1.82, 2.24) is 5.32 Å². The fourth-order valence-corrected chi connectivity index (χ4v) is 4.45. The standard InChI is InChI=1S/C25H25FN2O2/c1-15-21(24(30)28-18-7-5-4-6-8-18)22(16-9-11-17(26)12-10-16)23-19(27-15)13-25(2,3)14-20(23)29/h4-12,22,27H,13-14H2,1-3H3,(H,28,30)/t22-/m1/s1. The molecule has 0 aromatic heterocycles. The summed E-state index contributed by atoms with van der Waals surface area (Å²) in [4.78, 5) is 26.5. The molecular weight excluding hydrogens is 379 g/mol. The summed E-state index contributed by atoms with van der Waals surface area (Å²) in [6.07, 6.45) is 1.13. The average molecular weight is 404 g/mol. The number of dihydropyridines is 1. The van der Waals surface area contributed by atoms with E-state index in [1.54, 1.807) is 12.1 Å². The number of para-hydroxylation sites is 1. The summed E-state index contributed by atoms with van der Waals surface area (Å²) in [6.45, 7) is 5.99. The molecule has 1 aliphatic carbocycles. The predicted molar refractivity (Wildman–Crippen MR) is 115 cm³/mol. The number of Topliss-reactive ketones (excluding diaryl/α,β-unsaturated/α-hetero) is 1. The highest BCUT2D eigenvalue weighted by atomic mass is 19.1. The molecule has 2 N–H and O–H groups in total. The number of carbonyl (C=O) groups is 2.